The first-order valence-corrected chi connectivity index (χ1v) is 8.07. The van der Waals surface area contributed by atoms with Crippen molar-refractivity contribution in [3.8, 4) is 17.1 Å². The topological polar surface area (TPSA) is 89.3 Å². The van der Waals surface area contributed by atoms with Gasteiger partial charge in [-0.15, -0.1) is 0 Å². The minimum atomic E-state index is -0.333. The molecule has 128 valence electrons. The fourth-order valence-electron chi connectivity index (χ4n) is 2.58. The third-order valence-electron chi connectivity index (χ3n) is 4.43. The molecule has 1 aromatic heterocycles. The van der Waals surface area contributed by atoms with Crippen molar-refractivity contribution in [3.05, 3.63) is 30.2 Å². The molecule has 1 aromatic carbocycles. The van der Waals surface area contributed by atoms with Gasteiger partial charge in [0.25, 0.3) is 0 Å². The van der Waals surface area contributed by atoms with Crippen LogP contribution in [0.4, 0.5) is 0 Å². The molecule has 1 saturated heterocycles. The Hall–Kier alpha value is -2.41. The van der Waals surface area contributed by atoms with Crippen molar-refractivity contribution >= 4 is 5.91 Å². The summed E-state index contributed by atoms with van der Waals surface area (Å²) in [4.78, 5) is 16.7. The summed E-state index contributed by atoms with van der Waals surface area (Å²) in [7, 11) is 1.61. The second-order valence-electron chi connectivity index (χ2n) is 6.13. The standard InChI is InChI=1S/C17H22N4O3/c1-10(13-8-18-9-13)16(22)19-11(2)17-20-15(21-24-17)12-5-4-6-14(7-12)23-3/h4-7,10-11,13,18H,8-9H2,1-3H3,(H,19,22). The molecule has 3 rings (SSSR count). The number of hydrogen-bond acceptors (Lipinski definition) is 6. The Morgan fingerprint density at radius 3 is 2.88 bits per heavy atom. The average molecular weight is 330 g/mol. The molecule has 0 saturated carbocycles. The van der Waals surface area contributed by atoms with Crippen molar-refractivity contribution in [1.29, 1.82) is 0 Å². The van der Waals surface area contributed by atoms with E-state index >= 15 is 0 Å². The minimum absolute atomic E-state index is 0.00938. The fourth-order valence-corrected chi connectivity index (χ4v) is 2.58. The summed E-state index contributed by atoms with van der Waals surface area (Å²) in [5.74, 6) is 1.96. The van der Waals surface area contributed by atoms with Crippen LogP contribution < -0.4 is 15.4 Å². The highest BCUT2D eigenvalue weighted by Crippen LogP contribution is 2.23. The van der Waals surface area contributed by atoms with E-state index in [1.165, 1.54) is 0 Å². The molecule has 1 amide bonds. The number of carbonyl (C=O) groups excluding carboxylic acids is 1. The molecule has 2 heterocycles. The van der Waals surface area contributed by atoms with Crippen LogP contribution in [0.2, 0.25) is 0 Å². The highest BCUT2D eigenvalue weighted by atomic mass is 16.5. The number of methoxy groups -OCH3 is 1. The average Bonchev–Trinajstić information content (AvgIpc) is 3.03. The van der Waals surface area contributed by atoms with E-state index in [0.717, 1.165) is 24.4 Å². The number of rotatable bonds is 6. The normalized spacial score (nSPS) is 17.0. The molecule has 2 N–H and O–H groups in total. The van der Waals surface area contributed by atoms with Gasteiger partial charge in [0.15, 0.2) is 0 Å². The lowest BCUT2D eigenvalue weighted by atomic mass is 9.88. The third kappa shape index (κ3) is 3.41. The van der Waals surface area contributed by atoms with Gasteiger partial charge >= 0.3 is 0 Å². The zero-order valence-corrected chi connectivity index (χ0v) is 14.1. The zero-order valence-electron chi connectivity index (χ0n) is 14.1. The van der Waals surface area contributed by atoms with Crippen molar-refractivity contribution in [3.63, 3.8) is 0 Å². The summed E-state index contributed by atoms with van der Waals surface area (Å²) in [6.07, 6.45) is 0. The van der Waals surface area contributed by atoms with Gasteiger partial charge in [-0.05, 0) is 38.1 Å². The summed E-state index contributed by atoms with van der Waals surface area (Å²) >= 11 is 0. The molecule has 2 atom stereocenters. The Kier molecular flexibility index (Phi) is 4.80. The molecule has 1 aliphatic rings. The molecule has 7 nitrogen and oxygen atoms in total. The number of ether oxygens (including phenoxy) is 1. The number of benzene rings is 1. The molecule has 2 unspecified atom stereocenters. The predicted molar refractivity (Wildman–Crippen MR) is 88.4 cm³/mol. The number of nitrogens with zero attached hydrogens (tertiary/aromatic N) is 2. The zero-order chi connectivity index (χ0) is 17.1. The Balaban J connectivity index is 1.66. The summed E-state index contributed by atoms with van der Waals surface area (Å²) in [6.45, 7) is 5.57. The van der Waals surface area contributed by atoms with Gasteiger partial charge in [-0.1, -0.05) is 24.2 Å². The summed E-state index contributed by atoms with van der Waals surface area (Å²) in [5.41, 5.74) is 0.803. The lowest BCUT2D eigenvalue weighted by Crippen LogP contribution is -2.49. The van der Waals surface area contributed by atoms with Gasteiger partial charge in [0.1, 0.15) is 11.8 Å². The molecule has 1 aliphatic heterocycles. The monoisotopic (exact) mass is 330 g/mol. The van der Waals surface area contributed by atoms with E-state index in [1.54, 1.807) is 7.11 Å². The van der Waals surface area contributed by atoms with E-state index in [-0.39, 0.29) is 17.9 Å². The molecule has 0 radical (unpaired) electrons. The summed E-state index contributed by atoms with van der Waals surface area (Å²) < 4.78 is 10.5. The largest absolute Gasteiger partial charge is 0.497 e. The second-order valence-corrected chi connectivity index (χ2v) is 6.13. The number of nitrogens with one attached hydrogen (secondary N) is 2. The van der Waals surface area contributed by atoms with Crippen molar-refractivity contribution in [2.75, 3.05) is 20.2 Å². The maximum absolute atomic E-state index is 12.3. The molecule has 24 heavy (non-hydrogen) atoms. The minimum Gasteiger partial charge on any atom is -0.497 e. The Morgan fingerprint density at radius 1 is 1.42 bits per heavy atom. The molecule has 0 aliphatic carbocycles. The van der Waals surface area contributed by atoms with Crippen molar-refractivity contribution in [1.82, 2.24) is 20.8 Å². The van der Waals surface area contributed by atoms with E-state index < -0.39 is 0 Å². The fraction of sp³-hybridized carbons (Fsp3) is 0.471. The molecule has 0 bridgehead atoms. The Morgan fingerprint density at radius 2 is 2.21 bits per heavy atom. The highest BCUT2D eigenvalue weighted by molar-refractivity contribution is 5.79. The molecule has 0 spiro atoms. The SMILES string of the molecule is COc1cccc(-c2noc(C(C)NC(=O)C(C)C3CNC3)n2)c1. The van der Waals surface area contributed by atoms with Gasteiger partial charge in [0.2, 0.25) is 17.6 Å². The van der Waals surface area contributed by atoms with E-state index in [1.807, 2.05) is 38.1 Å². The Labute approximate surface area is 140 Å². The summed E-state index contributed by atoms with van der Waals surface area (Å²) in [6, 6.07) is 7.10. The van der Waals surface area contributed by atoms with E-state index in [2.05, 4.69) is 20.8 Å². The van der Waals surface area contributed by atoms with E-state index in [4.69, 9.17) is 9.26 Å². The third-order valence-corrected chi connectivity index (χ3v) is 4.43. The van der Waals surface area contributed by atoms with Crippen LogP contribution in [0.3, 0.4) is 0 Å². The van der Waals surface area contributed by atoms with Gasteiger partial charge in [-0.3, -0.25) is 4.79 Å². The van der Waals surface area contributed by atoms with Crippen LogP contribution in [-0.4, -0.2) is 36.2 Å². The van der Waals surface area contributed by atoms with Crippen LogP contribution in [0.15, 0.2) is 28.8 Å². The van der Waals surface area contributed by atoms with Gasteiger partial charge in [-0.2, -0.15) is 4.98 Å². The van der Waals surface area contributed by atoms with Gasteiger partial charge in [-0.25, -0.2) is 0 Å². The van der Waals surface area contributed by atoms with Crippen LogP contribution in [0, 0.1) is 11.8 Å². The highest BCUT2D eigenvalue weighted by Gasteiger charge is 2.30. The molecular formula is C17H22N4O3. The van der Waals surface area contributed by atoms with E-state index in [9.17, 15) is 4.79 Å². The predicted octanol–water partition coefficient (Wildman–Crippen LogP) is 1.78. The maximum Gasteiger partial charge on any atom is 0.249 e. The number of amides is 1. The summed E-state index contributed by atoms with van der Waals surface area (Å²) in [5, 5.41) is 10.1. The lowest BCUT2D eigenvalue weighted by Gasteiger charge is -2.32. The lowest BCUT2D eigenvalue weighted by molar-refractivity contribution is -0.127. The number of aromatic nitrogens is 2. The first-order valence-electron chi connectivity index (χ1n) is 8.07. The molecule has 2 aromatic rings. The van der Waals surface area contributed by atoms with Gasteiger partial charge in [0.05, 0.1) is 7.11 Å². The number of carbonyl (C=O) groups is 1. The van der Waals surface area contributed by atoms with Gasteiger partial charge in [0, 0.05) is 11.5 Å². The Bertz CT molecular complexity index is 711. The molecule has 7 heteroatoms. The van der Waals surface area contributed by atoms with E-state index in [0.29, 0.717) is 17.6 Å². The van der Waals surface area contributed by atoms with Crippen LogP contribution >= 0.6 is 0 Å². The first kappa shape index (κ1) is 16.4. The second kappa shape index (κ2) is 7.00. The smallest absolute Gasteiger partial charge is 0.249 e. The van der Waals surface area contributed by atoms with Crippen molar-refractivity contribution in [2.45, 2.75) is 19.9 Å². The molecular weight excluding hydrogens is 308 g/mol. The first-order chi connectivity index (χ1) is 11.6. The van der Waals surface area contributed by atoms with Crippen molar-refractivity contribution in [2.24, 2.45) is 11.8 Å². The van der Waals surface area contributed by atoms with Crippen LogP contribution in [0.25, 0.3) is 11.4 Å². The van der Waals surface area contributed by atoms with Crippen LogP contribution in [-0.2, 0) is 4.79 Å². The molecule has 1 fully saturated rings. The van der Waals surface area contributed by atoms with Crippen LogP contribution in [0.1, 0.15) is 25.8 Å². The van der Waals surface area contributed by atoms with Crippen LogP contribution in [0.5, 0.6) is 5.75 Å². The van der Waals surface area contributed by atoms with Crippen molar-refractivity contribution < 1.29 is 14.1 Å². The van der Waals surface area contributed by atoms with Gasteiger partial charge < -0.3 is 19.9 Å². The number of hydrogen-bond donors (Lipinski definition) is 2. The maximum atomic E-state index is 12.3. The quantitative estimate of drug-likeness (QED) is 0.839.